The number of aromatic nitrogens is 6. The van der Waals surface area contributed by atoms with Gasteiger partial charge in [0.05, 0.1) is 0 Å². The number of hydrogen-bond acceptors (Lipinski definition) is 15. The van der Waals surface area contributed by atoms with Crippen molar-refractivity contribution in [3.05, 3.63) is 56.6 Å². The zero-order valence-electron chi connectivity index (χ0n) is 41.9. The van der Waals surface area contributed by atoms with Crippen molar-refractivity contribution >= 4 is 67.2 Å². The Kier molecular flexibility index (Phi) is 15.7. The van der Waals surface area contributed by atoms with Crippen molar-refractivity contribution in [2.24, 2.45) is 0 Å². The maximum absolute atomic E-state index is 12.7. The van der Waals surface area contributed by atoms with E-state index in [1.807, 2.05) is 27.8 Å². The van der Waals surface area contributed by atoms with Crippen LogP contribution in [-0.4, -0.2) is 135 Å². The summed E-state index contributed by atoms with van der Waals surface area (Å²) in [6.07, 6.45) is 13.0. The lowest BCUT2D eigenvalue weighted by atomic mass is 9.99. The number of nitrogens with zero attached hydrogens (tertiary/aromatic N) is 7. The Morgan fingerprint density at radius 2 is 1.37 bits per heavy atom. The largest absolute Gasteiger partial charge is 0.444 e. The molecule has 5 N–H and O–H groups in total. The molecule has 1 amide bonds. The van der Waals surface area contributed by atoms with E-state index in [1.54, 1.807) is 11.9 Å². The average molecular weight is 1040 g/mol. The molecular weight excluding hydrogens is 972 g/mol. The van der Waals surface area contributed by atoms with Crippen LogP contribution in [0.4, 0.5) is 28.1 Å². The quantitative estimate of drug-likeness (QED) is 0.0539. The summed E-state index contributed by atoms with van der Waals surface area (Å²) in [6.45, 7) is 16.1. The topological polar surface area (TPSA) is 231 Å². The fourth-order valence-corrected chi connectivity index (χ4v) is 12.2. The number of rotatable bonds is 14. The summed E-state index contributed by atoms with van der Waals surface area (Å²) in [5.41, 5.74) is 12.7. The summed E-state index contributed by atoms with van der Waals surface area (Å²) in [7, 11) is 0.0934. The van der Waals surface area contributed by atoms with E-state index in [2.05, 4.69) is 78.3 Å². The predicted octanol–water partition coefficient (Wildman–Crippen LogP) is 6.18. The third-order valence-corrected chi connectivity index (χ3v) is 18.3. The lowest BCUT2D eigenvalue weighted by molar-refractivity contribution is 0.00608. The van der Waals surface area contributed by atoms with Crippen LogP contribution in [0.15, 0.2) is 22.4 Å². The average Bonchev–Trinajstić information content (AvgIpc) is 4.10. The molecule has 4 aromatic rings. The third-order valence-electron chi connectivity index (χ3n) is 13.8. The maximum Gasteiger partial charge on any atom is 0.410 e. The number of hydrogen-bond donors (Lipinski definition) is 5. The molecule has 2 aliphatic heterocycles. The SMILES string of the molecule is CN(C1CNC1)S(=O)(=O)c1nc(Nc2c3c(cc4c2CCC4)CCC3)n[nH]1.CNC1CN(C(=O)OC(C)(C)C)C1.C[Si](C)(C)CCOCn1nc(S(=O)(=O)Cl)nc1Nc1c2c(cc3c1CCC3)CCC2. The van der Waals surface area contributed by atoms with Crippen LogP contribution in [-0.2, 0) is 86.6 Å². The number of nitrogens with one attached hydrogen (secondary N) is 5. The van der Waals surface area contributed by atoms with Crippen molar-refractivity contribution in [2.75, 3.05) is 57.5 Å². The Morgan fingerprint density at radius 3 is 1.83 bits per heavy atom. The van der Waals surface area contributed by atoms with Crippen LogP contribution in [0.25, 0.3) is 0 Å². The number of sulfonamides is 1. The first kappa shape index (κ1) is 52.2. The zero-order chi connectivity index (χ0) is 50.2. The van der Waals surface area contributed by atoms with Gasteiger partial charge in [-0.25, -0.2) is 31.4 Å². The molecule has 0 radical (unpaired) electrons. The molecule has 2 fully saturated rings. The van der Waals surface area contributed by atoms with Crippen LogP contribution in [0, 0.1) is 0 Å². The van der Waals surface area contributed by atoms with E-state index in [9.17, 15) is 21.6 Å². The molecule has 2 aromatic heterocycles. The van der Waals surface area contributed by atoms with Crippen LogP contribution in [0.1, 0.15) is 91.0 Å². The molecule has 384 valence electrons. The first-order chi connectivity index (χ1) is 33.1. The van der Waals surface area contributed by atoms with Gasteiger partial charge in [0.25, 0.3) is 29.4 Å². The number of amides is 1. The van der Waals surface area contributed by atoms with E-state index in [0.29, 0.717) is 37.6 Å². The molecule has 19 nitrogen and oxygen atoms in total. The Bertz CT molecular complexity index is 2720. The number of likely N-dealkylation sites (N-methyl/N-ethyl adjacent to an activating group) is 2. The summed E-state index contributed by atoms with van der Waals surface area (Å²) in [4.78, 5) is 21.5. The Morgan fingerprint density at radius 1 is 0.843 bits per heavy atom. The normalized spacial score (nSPS) is 17.7. The van der Waals surface area contributed by atoms with E-state index in [-0.39, 0.29) is 29.6 Å². The summed E-state index contributed by atoms with van der Waals surface area (Å²) in [5.74, 6) is 0.680. The van der Waals surface area contributed by atoms with Crippen molar-refractivity contribution in [2.45, 2.75) is 158 Å². The van der Waals surface area contributed by atoms with Crippen molar-refractivity contribution < 1.29 is 31.1 Å². The molecule has 4 aliphatic carbocycles. The Labute approximate surface area is 418 Å². The van der Waals surface area contributed by atoms with Gasteiger partial charge in [0.1, 0.15) is 12.3 Å². The van der Waals surface area contributed by atoms with Gasteiger partial charge in [-0.15, -0.1) is 10.2 Å². The minimum absolute atomic E-state index is 0.0304. The smallest absolute Gasteiger partial charge is 0.410 e. The number of ether oxygens (including phenoxy) is 2. The van der Waals surface area contributed by atoms with Crippen molar-refractivity contribution in [3.63, 3.8) is 0 Å². The summed E-state index contributed by atoms with van der Waals surface area (Å²) in [5, 5.41) is 23.3. The van der Waals surface area contributed by atoms with Crippen molar-refractivity contribution in [3.8, 4) is 0 Å². The second-order valence-corrected chi connectivity index (χ2v) is 31.4. The highest BCUT2D eigenvalue weighted by atomic mass is 35.7. The van der Waals surface area contributed by atoms with E-state index in [0.717, 1.165) is 94.7 Å². The third kappa shape index (κ3) is 12.2. The number of carbonyl (C=O) groups is 1. The number of carbonyl (C=O) groups excluding carboxylic acids is 1. The number of anilines is 4. The number of halogens is 1. The molecule has 23 heteroatoms. The molecule has 6 aliphatic rings. The second kappa shape index (κ2) is 21.1. The van der Waals surface area contributed by atoms with Gasteiger partial charge in [-0.2, -0.15) is 14.3 Å². The van der Waals surface area contributed by atoms with Gasteiger partial charge in [-0.05, 0) is 155 Å². The molecule has 4 heterocycles. The minimum Gasteiger partial charge on any atom is -0.444 e. The summed E-state index contributed by atoms with van der Waals surface area (Å²) >= 11 is 0. The van der Waals surface area contributed by atoms with Crippen LogP contribution < -0.4 is 21.3 Å². The lowest BCUT2D eigenvalue weighted by Crippen LogP contribution is -2.59. The summed E-state index contributed by atoms with van der Waals surface area (Å²) < 4.78 is 63.0. The van der Waals surface area contributed by atoms with E-state index in [4.69, 9.17) is 20.2 Å². The highest BCUT2D eigenvalue weighted by Gasteiger charge is 2.35. The minimum atomic E-state index is -4.03. The van der Waals surface area contributed by atoms with Gasteiger partial charge in [-0.3, -0.25) is 0 Å². The number of benzene rings is 2. The molecule has 70 heavy (non-hydrogen) atoms. The molecule has 0 unspecified atom stereocenters. The fraction of sp³-hybridized carbons (Fsp3) is 0.638. The molecule has 0 saturated carbocycles. The van der Waals surface area contributed by atoms with Crippen LogP contribution in [0.5, 0.6) is 0 Å². The number of fused-ring (bicyclic) bond motifs is 4. The van der Waals surface area contributed by atoms with Gasteiger partial charge >= 0.3 is 6.09 Å². The number of H-pyrrole nitrogens is 1. The monoisotopic (exact) mass is 1040 g/mol. The van der Waals surface area contributed by atoms with Gasteiger partial charge in [0.15, 0.2) is 0 Å². The maximum atomic E-state index is 12.7. The van der Waals surface area contributed by atoms with Crippen LogP contribution in [0.3, 0.4) is 0 Å². The van der Waals surface area contributed by atoms with Crippen LogP contribution in [0.2, 0.25) is 25.7 Å². The Hall–Kier alpha value is -4.16. The molecule has 10 rings (SSSR count). The van der Waals surface area contributed by atoms with Crippen molar-refractivity contribution in [1.82, 2.24) is 49.8 Å². The Balaban J connectivity index is 0.000000152. The highest BCUT2D eigenvalue weighted by molar-refractivity contribution is 8.13. The number of aromatic amines is 1. The molecule has 0 bridgehead atoms. The lowest BCUT2D eigenvalue weighted by Gasteiger charge is -2.39. The van der Waals surface area contributed by atoms with E-state index < -0.39 is 32.3 Å². The van der Waals surface area contributed by atoms with E-state index >= 15 is 0 Å². The van der Waals surface area contributed by atoms with Crippen LogP contribution >= 0.6 is 10.7 Å². The van der Waals surface area contributed by atoms with Gasteiger partial charge in [-0.1, -0.05) is 31.8 Å². The first-order valence-corrected chi connectivity index (χ1v) is 32.1. The van der Waals surface area contributed by atoms with Gasteiger partial charge in [0, 0.05) is 82.0 Å². The van der Waals surface area contributed by atoms with Gasteiger partial charge < -0.3 is 35.6 Å². The number of likely N-dealkylation sites (tertiary alicyclic amines) is 1. The standard InChI is InChI=1S/C20H29ClN4O3SSi.C18H24N6O2S.C9H18N2O2/c1-30(2,3)11-10-28-13-25-19(23-20(24-25)29(21,26)27)22-18-16-8-4-6-14(16)12-15-7-5-9-17(15)18;1-24(13-9-19-10-13)27(25,26)18-21-17(22-23-18)20-16-14-6-2-4-11(14)8-12-5-3-7-15(12)16;1-9(2,3)13-8(12)11-5-7(6-11)10-4/h12H,4-11,13H2,1-3H3,(H,22,23,24);8,13,19H,2-7,9-10H2,1H3,(H2,20,21,22,23);7,10H,5-6H2,1-4H3. The second-order valence-electron chi connectivity index (χ2n) is 21.4. The molecule has 2 saturated heterocycles. The zero-order valence-corrected chi connectivity index (χ0v) is 45.3. The first-order valence-electron chi connectivity index (χ1n) is 24.7. The van der Waals surface area contributed by atoms with Crippen molar-refractivity contribution in [1.29, 1.82) is 0 Å². The summed E-state index contributed by atoms with van der Waals surface area (Å²) in [6, 6.07) is 6.15. The molecule has 0 spiro atoms. The molecule has 0 atom stereocenters. The van der Waals surface area contributed by atoms with Gasteiger partial charge in [0.2, 0.25) is 11.9 Å². The number of aryl methyl sites for hydroxylation is 4. The molecular formula is C47H71ClN12O7S2Si. The fourth-order valence-electron chi connectivity index (χ4n) is 9.71. The van der Waals surface area contributed by atoms with E-state index in [1.165, 1.54) is 66.3 Å². The predicted molar refractivity (Wildman–Crippen MR) is 273 cm³/mol. The highest BCUT2D eigenvalue weighted by Crippen LogP contribution is 2.41. The molecule has 2 aromatic carbocycles.